The molecule has 1 saturated carbocycles. The second-order valence-corrected chi connectivity index (χ2v) is 5.07. The van der Waals surface area contributed by atoms with Crippen molar-refractivity contribution in [3.63, 3.8) is 0 Å². The van der Waals surface area contributed by atoms with Gasteiger partial charge in [0, 0.05) is 12.0 Å². The summed E-state index contributed by atoms with van der Waals surface area (Å²) in [5.74, 6) is 7.19. The van der Waals surface area contributed by atoms with Gasteiger partial charge in [-0.25, -0.2) is 20.2 Å². The molecule has 0 radical (unpaired) electrons. The number of hydrogen-bond donors (Lipinski definition) is 3. The molecular formula is C13H13ClFN5. The fourth-order valence-corrected chi connectivity index (χ4v) is 2.02. The van der Waals surface area contributed by atoms with Gasteiger partial charge in [-0.2, -0.15) is 0 Å². The number of nitrogen functional groups attached to an aromatic ring is 1. The predicted molar refractivity (Wildman–Crippen MR) is 76.5 cm³/mol. The summed E-state index contributed by atoms with van der Waals surface area (Å²) in [6.45, 7) is 0. The fourth-order valence-electron chi connectivity index (χ4n) is 1.86. The second-order valence-electron chi connectivity index (χ2n) is 4.66. The number of nitrogens with two attached hydrogens (primary N) is 1. The van der Waals surface area contributed by atoms with E-state index in [1.807, 2.05) is 0 Å². The number of nitrogens with zero attached hydrogens (tertiary/aromatic N) is 2. The highest BCUT2D eigenvalue weighted by molar-refractivity contribution is 6.33. The standard InChI is InChI=1S/C13H13ClFN5/c14-9-4-3-8(15)5-10(9)17-11-6-12(20-16)19-13(18-11)7-1-2-7/h3-7H,1-2,16H2,(H2,17,18,19,20). The van der Waals surface area contributed by atoms with Crippen LogP contribution in [0.2, 0.25) is 5.02 Å². The number of anilines is 3. The summed E-state index contributed by atoms with van der Waals surface area (Å²) in [6.07, 6.45) is 2.16. The Morgan fingerprint density at radius 2 is 1.95 bits per heavy atom. The van der Waals surface area contributed by atoms with Crippen molar-refractivity contribution in [1.82, 2.24) is 9.97 Å². The van der Waals surface area contributed by atoms with E-state index in [9.17, 15) is 4.39 Å². The first-order chi connectivity index (χ1) is 9.65. The van der Waals surface area contributed by atoms with Gasteiger partial charge in [0.05, 0.1) is 10.7 Å². The van der Waals surface area contributed by atoms with Crippen LogP contribution in [0.1, 0.15) is 24.6 Å². The number of rotatable bonds is 4. The Kier molecular flexibility index (Phi) is 3.42. The molecule has 5 nitrogen and oxygen atoms in total. The highest BCUT2D eigenvalue weighted by atomic mass is 35.5. The van der Waals surface area contributed by atoms with Crippen LogP contribution in [0.4, 0.5) is 21.7 Å². The topological polar surface area (TPSA) is 75.9 Å². The van der Waals surface area contributed by atoms with E-state index in [0.717, 1.165) is 18.7 Å². The lowest BCUT2D eigenvalue weighted by molar-refractivity contribution is 0.628. The molecule has 1 aromatic carbocycles. The van der Waals surface area contributed by atoms with Crippen molar-refractivity contribution >= 4 is 28.9 Å². The smallest absolute Gasteiger partial charge is 0.145 e. The zero-order valence-corrected chi connectivity index (χ0v) is 11.3. The van der Waals surface area contributed by atoms with E-state index < -0.39 is 0 Å². The lowest BCUT2D eigenvalue weighted by Crippen LogP contribution is -2.11. The molecule has 0 aliphatic heterocycles. The molecule has 0 saturated heterocycles. The van der Waals surface area contributed by atoms with Crippen LogP contribution in [0.5, 0.6) is 0 Å². The summed E-state index contributed by atoms with van der Waals surface area (Å²) >= 11 is 6.02. The first-order valence-electron chi connectivity index (χ1n) is 6.23. The van der Waals surface area contributed by atoms with Crippen molar-refractivity contribution < 1.29 is 4.39 Å². The molecule has 0 unspecified atom stereocenters. The molecule has 7 heteroatoms. The van der Waals surface area contributed by atoms with E-state index in [-0.39, 0.29) is 5.82 Å². The Bertz CT molecular complexity index is 645. The SMILES string of the molecule is NNc1cc(Nc2cc(F)ccc2Cl)nc(C2CC2)n1. The molecule has 1 aliphatic carbocycles. The molecule has 4 N–H and O–H groups in total. The van der Waals surface area contributed by atoms with Crippen molar-refractivity contribution in [2.45, 2.75) is 18.8 Å². The number of halogens is 2. The van der Waals surface area contributed by atoms with E-state index in [4.69, 9.17) is 17.4 Å². The number of hydrazine groups is 1. The van der Waals surface area contributed by atoms with Crippen molar-refractivity contribution in [2.75, 3.05) is 10.7 Å². The molecule has 20 heavy (non-hydrogen) atoms. The average molecular weight is 294 g/mol. The lowest BCUT2D eigenvalue weighted by atomic mass is 10.3. The first-order valence-corrected chi connectivity index (χ1v) is 6.61. The molecule has 1 heterocycles. The largest absolute Gasteiger partial charge is 0.339 e. The average Bonchev–Trinajstić information content (AvgIpc) is 3.27. The Labute approximate surface area is 120 Å². The molecule has 3 rings (SSSR count). The molecule has 1 aromatic heterocycles. The molecule has 0 bridgehead atoms. The van der Waals surface area contributed by atoms with Crippen LogP contribution in [-0.2, 0) is 0 Å². The molecule has 0 atom stereocenters. The van der Waals surface area contributed by atoms with Gasteiger partial charge in [-0.1, -0.05) is 11.6 Å². The highest BCUT2D eigenvalue weighted by Gasteiger charge is 2.27. The summed E-state index contributed by atoms with van der Waals surface area (Å²) in [5.41, 5.74) is 2.96. The summed E-state index contributed by atoms with van der Waals surface area (Å²) in [4.78, 5) is 8.71. The maximum absolute atomic E-state index is 13.2. The van der Waals surface area contributed by atoms with Crippen LogP contribution < -0.4 is 16.6 Å². The molecular weight excluding hydrogens is 281 g/mol. The van der Waals surface area contributed by atoms with E-state index in [2.05, 4.69) is 20.7 Å². The van der Waals surface area contributed by atoms with Gasteiger partial charge >= 0.3 is 0 Å². The number of aromatic nitrogens is 2. The Hall–Kier alpha value is -1.92. The quantitative estimate of drug-likeness (QED) is 0.596. The Morgan fingerprint density at radius 1 is 1.20 bits per heavy atom. The predicted octanol–water partition coefficient (Wildman–Crippen LogP) is 3.18. The monoisotopic (exact) mass is 293 g/mol. The normalized spacial score (nSPS) is 14.2. The number of benzene rings is 1. The van der Waals surface area contributed by atoms with Crippen LogP contribution in [0.25, 0.3) is 0 Å². The van der Waals surface area contributed by atoms with Gasteiger partial charge in [0.25, 0.3) is 0 Å². The van der Waals surface area contributed by atoms with Crippen molar-refractivity contribution in [3.05, 3.63) is 40.9 Å². The zero-order valence-electron chi connectivity index (χ0n) is 10.5. The van der Waals surface area contributed by atoms with Gasteiger partial charge in [0.15, 0.2) is 0 Å². The number of nitrogens with one attached hydrogen (secondary N) is 2. The van der Waals surface area contributed by atoms with Crippen molar-refractivity contribution in [3.8, 4) is 0 Å². The fraction of sp³-hybridized carbons (Fsp3) is 0.231. The summed E-state index contributed by atoms with van der Waals surface area (Å²) < 4.78 is 13.2. The zero-order chi connectivity index (χ0) is 14.1. The third-order valence-electron chi connectivity index (χ3n) is 3.02. The first kappa shape index (κ1) is 13.1. The summed E-state index contributed by atoms with van der Waals surface area (Å²) in [5, 5.41) is 3.41. The van der Waals surface area contributed by atoms with Gasteiger partial charge in [0.1, 0.15) is 23.3 Å². The lowest BCUT2D eigenvalue weighted by Gasteiger charge is -2.10. The third-order valence-corrected chi connectivity index (χ3v) is 3.35. The van der Waals surface area contributed by atoms with Gasteiger partial charge in [-0.05, 0) is 31.0 Å². The molecule has 1 aliphatic rings. The molecule has 1 fully saturated rings. The van der Waals surface area contributed by atoms with Crippen molar-refractivity contribution in [1.29, 1.82) is 0 Å². The molecule has 0 spiro atoms. The molecule has 2 aromatic rings. The summed E-state index contributed by atoms with van der Waals surface area (Å²) in [6, 6.07) is 5.75. The molecule has 0 amide bonds. The molecule has 104 valence electrons. The number of hydrogen-bond acceptors (Lipinski definition) is 5. The minimum absolute atomic E-state index is 0.370. The highest BCUT2D eigenvalue weighted by Crippen LogP contribution is 2.39. The Morgan fingerprint density at radius 3 is 2.65 bits per heavy atom. The minimum atomic E-state index is -0.370. The van der Waals surface area contributed by atoms with E-state index >= 15 is 0 Å². The van der Waals surface area contributed by atoms with E-state index in [0.29, 0.717) is 28.3 Å². The third kappa shape index (κ3) is 2.81. The van der Waals surface area contributed by atoms with Crippen LogP contribution in [0.15, 0.2) is 24.3 Å². The van der Waals surface area contributed by atoms with Gasteiger partial charge < -0.3 is 10.7 Å². The van der Waals surface area contributed by atoms with Crippen molar-refractivity contribution in [2.24, 2.45) is 5.84 Å². The van der Waals surface area contributed by atoms with Crippen LogP contribution in [0.3, 0.4) is 0 Å². The van der Waals surface area contributed by atoms with Gasteiger partial charge in [-0.3, -0.25) is 0 Å². The van der Waals surface area contributed by atoms with Crippen LogP contribution in [-0.4, -0.2) is 9.97 Å². The maximum Gasteiger partial charge on any atom is 0.145 e. The van der Waals surface area contributed by atoms with Gasteiger partial charge in [-0.15, -0.1) is 0 Å². The van der Waals surface area contributed by atoms with E-state index in [1.165, 1.54) is 18.2 Å². The van der Waals surface area contributed by atoms with E-state index in [1.54, 1.807) is 6.07 Å². The van der Waals surface area contributed by atoms with Gasteiger partial charge in [0.2, 0.25) is 0 Å². The van der Waals surface area contributed by atoms with Crippen LogP contribution >= 0.6 is 11.6 Å². The Balaban J connectivity index is 1.93. The van der Waals surface area contributed by atoms with Crippen LogP contribution in [0, 0.1) is 5.82 Å². The summed E-state index contributed by atoms with van der Waals surface area (Å²) in [7, 11) is 0. The maximum atomic E-state index is 13.2. The second kappa shape index (κ2) is 5.22. The minimum Gasteiger partial charge on any atom is -0.339 e.